The Morgan fingerprint density at radius 2 is 1.97 bits per heavy atom. The molecule has 4 aromatic rings. The summed E-state index contributed by atoms with van der Waals surface area (Å²) in [4.78, 5) is 22.3. The first kappa shape index (κ1) is 21.7. The Hall–Kier alpha value is -4.18. The topological polar surface area (TPSA) is 108 Å². The predicted octanol–water partition coefficient (Wildman–Crippen LogP) is 4.13. The van der Waals surface area contributed by atoms with Crippen molar-refractivity contribution in [1.29, 1.82) is 0 Å². The lowest BCUT2D eigenvalue weighted by atomic mass is 10.1. The van der Waals surface area contributed by atoms with Crippen LogP contribution in [0.25, 0.3) is 22.2 Å². The van der Waals surface area contributed by atoms with Crippen LogP contribution in [0.2, 0.25) is 0 Å². The number of nitro benzene ring substituents is 1. The van der Waals surface area contributed by atoms with Crippen molar-refractivity contribution in [3.63, 3.8) is 0 Å². The third-order valence-corrected chi connectivity index (χ3v) is 5.90. The van der Waals surface area contributed by atoms with Crippen LogP contribution >= 0.6 is 0 Å². The number of fused-ring (bicyclic) bond motifs is 1. The highest BCUT2D eigenvalue weighted by Gasteiger charge is 2.24. The molecule has 0 unspecified atom stereocenters. The number of hydrogen-bond acceptors (Lipinski definition) is 8. The number of ether oxygens (including phenoxy) is 2. The van der Waals surface area contributed by atoms with Crippen molar-refractivity contribution in [2.24, 2.45) is 7.05 Å². The van der Waals surface area contributed by atoms with E-state index in [1.165, 1.54) is 12.1 Å². The van der Waals surface area contributed by atoms with Crippen LogP contribution in [0.4, 0.5) is 23.0 Å². The number of morpholine rings is 1. The molecule has 1 aliphatic heterocycles. The van der Waals surface area contributed by atoms with Gasteiger partial charge in [0.1, 0.15) is 0 Å². The largest absolute Gasteiger partial charge is 0.492 e. The monoisotopic (exact) mass is 460 g/mol. The minimum atomic E-state index is -0.415. The summed E-state index contributed by atoms with van der Waals surface area (Å²) < 4.78 is 13.2. The van der Waals surface area contributed by atoms with Gasteiger partial charge in [-0.3, -0.25) is 10.1 Å². The van der Waals surface area contributed by atoms with E-state index in [0.717, 1.165) is 22.2 Å². The standard InChI is InChI=1S/C24H24N6O4/c1-28-15-18(17-5-3-4-6-21(17)28)19-7-8-25-24(26-19)27-20-13-16(30(31)32)14-22(23(20)33-2)29-9-11-34-12-10-29/h3-8,13-15H,9-12H2,1-2H3,(H,25,26,27). The second-order valence-corrected chi connectivity index (χ2v) is 7.96. The Bertz CT molecular complexity index is 1360. The number of nitro groups is 1. The summed E-state index contributed by atoms with van der Waals surface area (Å²) in [5.41, 5.74) is 3.83. The molecule has 1 aliphatic rings. The molecule has 34 heavy (non-hydrogen) atoms. The van der Waals surface area contributed by atoms with Gasteiger partial charge in [0.15, 0.2) is 5.75 Å². The number of anilines is 3. The highest BCUT2D eigenvalue weighted by Crippen LogP contribution is 2.41. The molecule has 0 bridgehead atoms. The molecule has 0 saturated carbocycles. The van der Waals surface area contributed by atoms with Gasteiger partial charge < -0.3 is 24.3 Å². The molecule has 10 heteroatoms. The fourth-order valence-corrected chi connectivity index (χ4v) is 4.29. The molecule has 10 nitrogen and oxygen atoms in total. The normalized spacial score (nSPS) is 13.8. The number of methoxy groups -OCH3 is 1. The molecule has 2 aromatic heterocycles. The molecule has 0 aliphatic carbocycles. The molecule has 1 fully saturated rings. The summed E-state index contributed by atoms with van der Waals surface area (Å²) in [5, 5.41) is 15.9. The van der Waals surface area contributed by atoms with Gasteiger partial charge in [-0.1, -0.05) is 18.2 Å². The number of nitrogens with one attached hydrogen (secondary N) is 1. The predicted molar refractivity (Wildman–Crippen MR) is 130 cm³/mol. The van der Waals surface area contributed by atoms with Crippen molar-refractivity contribution in [3.05, 3.63) is 65.0 Å². The Kier molecular flexibility index (Phi) is 5.72. The molecule has 0 amide bonds. The van der Waals surface area contributed by atoms with Crippen LogP contribution in [0.1, 0.15) is 0 Å². The van der Waals surface area contributed by atoms with E-state index in [0.29, 0.717) is 49.4 Å². The Morgan fingerprint density at radius 1 is 1.18 bits per heavy atom. The first-order valence-corrected chi connectivity index (χ1v) is 10.9. The van der Waals surface area contributed by atoms with E-state index in [4.69, 9.17) is 14.5 Å². The van der Waals surface area contributed by atoms with Gasteiger partial charge in [-0.05, 0) is 12.1 Å². The van der Waals surface area contributed by atoms with E-state index in [-0.39, 0.29) is 5.69 Å². The van der Waals surface area contributed by atoms with Crippen LogP contribution in [-0.2, 0) is 11.8 Å². The lowest BCUT2D eigenvalue weighted by Gasteiger charge is -2.30. The fraction of sp³-hybridized carbons (Fsp3) is 0.250. The SMILES string of the molecule is COc1c(Nc2nccc(-c3cn(C)c4ccccc34)n2)cc([N+](=O)[O-])cc1N1CCOCC1. The van der Waals surface area contributed by atoms with Gasteiger partial charge in [0, 0.05) is 61.1 Å². The summed E-state index contributed by atoms with van der Waals surface area (Å²) in [6.45, 7) is 2.32. The minimum Gasteiger partial charge on any atom is -0.492 e. The lowest BCUT2D eigenvalue weighted by Crippen LogP contribution is -2.36. The second kappa shape index (κ2) is 8.99. The zero-order valence-corrected chi connectivity index (χ0v) is 18.9. The average Bonchev–Trinajstić information content (AvgIpc) is 3.21. The number of hydrogen-bond donors (Lipinski definition) is 1. The summed E-state index contributed by atoms with van der Waals surface area (Å²) in [6, 6.07) is 12.9. The number of aryl methyl sites for hydroxylation is 1. The van der Waals surface area contributed by atoms with E-state index in [1.54, 1.807) is 13.3 Å². The van der Waals surface area contributed by atoms with Crippen LogP contribution in [0, 0.1) is 10.1 Å². The zero-order valence-electron chi connectivity index (χ0n) is 18.9. The van der Waals surface area contributed by atoms with Crippen LogP contribution < -0.4 is 15.0 Å². The molecular formula is C24H24N6O4. The first-order chi connectivity index (χ1) is 16.5. The number of nitrogens with zero attached hydrogens (tertiary/aromatic N) is 5. The summed E-state index contributed by atoms with van der Waals surface area (Å²) in [7, 11) is 3.54. The van der Waals surface area contributed by atoms with Gasteiger partial charge in [0.05, 0.1) is 42.3 Å². The van der Waals surface area contributed by atoms with Crippen molar-refractivity contribution in [2.45, 2.75) is 0 Å². The number of non-ortho nitro benzene ring substituents is 1. The molecule has 2 aromatic carbocycles. The second-order valence-electron chi connectivity index (χ2n) is 7.96. The lowest BCUT2D eigenvalue weighted by molar-refractivity contribution is -0.384. The fourth-order valence-electron chi connectivity index (χ4n) is 4.29. The molecular weight excluding hydrogens is 436 g/mol. The van der Waals surface area contributed by atoms with Crippen molar-refractivity contribution >= 4 is 33.9 Å². The van der Waals surface area contributed by atoms with Gasteiger partial charge in [-0.25, -0.2) is 9.97 Å². The highest BCUT2D eigenvalue weighted by atomic mass is 16.6. The van der Waals surface area contributed by atoms with Gasteiger partial charge in [0.25, 0.3) is 5.69 Å². The third-order valence-electron chi connectivity index (χ3n) is 5.90. The molecule has 0 radical (unpaired) electrons. The third kappa shape index (κ3) is 3.99. The van der Waals surface area contributed by atoms with E-state index in [9.17, 15) is 10.1 Å². The van der Waals surface area contributed by atoms with Crippen molar-refractivity contribution < 1.29 is 14.4 Å². The maximum atomic E-state index is 11.7. The van der Waals surface area contributed by atoms with E-state index < -0.39 is 4.92 Å². The highest BCUT2D eigenvalue weighted by molar-refractivity contribution is 5.95. The van der Waals surface area contributed by atoms with Gasteiger partial charge in [-0.15, -0.1) is 0 Å². The van der Waals surface area contributed by atoms with E-state index in [1.807, 2.05) is 36.3 Å². The Balaban J connectivity index is 1.55. The van der Waals surface area contributed by atoms with E-state index in [2.05, 4.69) is 27.0 Å². The maximum Gasteiger partial charge on any atom is 0.273 e. The Morgan fingerprint density at radius 3 is 2.74 bits per heavy atom. The molecule has 5 rings (SSSR count). The van der Waals surface area contributed by atoms with Crippen LogP contribution in [0.15, 0.2) is 54.9 Å². The smallest absolute Gasteiger partial charge is 0.273 e. The first-order valence-electron chi connectivity index (χ1n) is 10.9. The number of benzene rings is 2. The quantitative estimate of drug-likeness (QED) is 0.338. The molecule has 174 valence electrons. The maximum absolute atomic E-state index is 11.7. The van der Waals surface area contributed by atoms with Crippen LogP contribution in [-0.4, -0.2) is 52.9 Å². The van der Waals surface area contributed by atoms with Crippen molar-refractivity contribution in [1.82, 2.24) is 14.5 Å². The van der Waals surface area contributed by atoms with E-state index >= 15 is 0 Å². The number of aromatic nitrogens is 3. The minimum absolute atomic E-state index is 0.0463. The summed E-state index contributed by atoms with van der Waals surface area (Å²) in [5.74, 6) is 0.809. The van der Waals surface area contributed by atoms with Crippen LogP contribution in [0.5, 0.6) is 5.75 Å². The van der Waals surface area contributed by atoms with Gasteiger partial charge in [-0.2, -0.15) is 0 Å². The Labute approximate surface area is 195 Å². The van der Waals surface area contributed by atoms with Gasteiger partial charge in [0.2, 0.25) is 5.95 Å². The van der Waals surface area contributed by atoms with Crippen LogP contribution in [0.3, 0.4) is 0 Å². The molecule has 1 saturated heterocycles. The average molecular weight is 460 g/mol. The van der Waals surface area contributed by atoms with Gasteiger partial charge >= 0.3 is 0 Å². The molecule has 0 atom stereocenters. The number of rotatable bonds is 6. The molecule has 1 N–H and O–H groups in total. The van der Waals surface area contributed by atoms with Crippen molar-refractivity contribution in [2.75, 3.05) is 43.6 Å². The van der Waals surface area contributed by atoms with Crippen molar-refractivity contribution in [3.8, 4) is 17.0 Å². The number of para-hydroxylation sites is 1. The summed E-state index contributed by atoms with van der Waals surface area (Å²) >= 11 is 0. The summed E-state index contributed by atoms with van der Waals surface area (Å²) in [6.07, 6.45) is 3.69. The molecule has 0 spiro atoms. The molecule has 3 heterocycles. The zero-order chi connectivity index (χ0) is 23.7.